The zero-order valence-electron chi connectivity index (χ0n) is 15.5. The number of hydrogen-bond acceptors (Lipinski definition) is 7. The molecule has 0 saturated carbocycles. The number of nitrogens with zero attached hydrogens (tertiary/aromatic N) is 3. The Morgan fingerprint density at radius 1 is 1.33 bits per heavy atom. The van der Waals surface area contributed by atoms with E-state index >= 15 is 0 Å². The van der Waals surface area contributed by atoms with Crippen LogP contribution >= 0.6 is 11.6 Å². The molecule has 2 atom stereocenters. The fraction of sp³-hybridized carbons (Fsp3) is 0.500. The number of benzene rings is 1. The summed E-state index contributed by atoms with van der Waals surface area (Å²) in [5, 5.41) is 21.8. The number of rotatable bonds is 3. The van der Waals surface area contributed by atoms with E-state index in [-0.39, 0.29) is 6.54 Å². The van der Waals surface area contributed by atoms with Crippen LogP contribution in [0.15, 0.2) is 28.7 Å². The van der Waals surface area contributed by atoms with E-state index in [0.717, 1.165) is 5.56 Å². The van der Waals surface area contributed by atoms with Crippen LogP contribution in [0, 0.1) is 0 Å². The normalized spacial score (nSPS) is 20.4. The van der Waals surface area contributed by atoms with Gasteiger partial charge in [0.2, 0.25) is 5.89 Å². The second-order valence-corrected chi connectivity index (χ2v) is 7.89. The van der Waals surface area contributed by atoms with Crippen molar-refractivity contribution in [2.24, 2.45) is 0 Å². The minimum absolute atomic E-state index is 0.267. The number of halogens is 1. The fourth-order valence-corrected chi connectivity index (χ4v) is 2.91. The lowest BCUT2D eigenvalue weighted by Gasteiger charge is -2.35. The Morgan fingerprint density at radius 2 is 2.04 bits per heavy atom. The molecule has 1 saturated heterocycles. The maximum Gasteiger partial charge on any atom is 0.407 e. The number of alkyl carbamates (subject to hydrolysis) is 1. The second-order valence-electron chi connectivity index (χ2n) is 7.45. The Kier molecular flexibility index (Phi) is 5.57. The zero-order valence-corrected chi connectivity index (χ0v) is 16.2. The minimum Gasteiger partial charge on any atom is -0.444 e. The van der Waals surface area contributed by atoms with Gasteiger partial charge < -0.3 is 24.5 Å². The molecule has 146 valence electrons. The van der Waals surface area contributed by atoms with E-state index in [9.17, 15) is 9.90 Å². The number of carbonyl (C=O) groups is 1. The van der Waals surface area contributed by atoms with Crippen LogP contribution in [0.3, 0.4) is 0 Å². The molecule has 9 heteroatoms. The van der Waals surface area contributed by atoms with Crippen molar-refractivity contribution in [3.63, 3.8) is 0 Å². The molecule has 3 rings (SSSR count). The van der Waals surface area contributed by atoms with E-state index in [2.05, 4.69) is 15.5 Å². The second kappa shape index (κ2) is 7.74. The van der Waals surface area contributed by atoms with E-state index in [1.165, 1.54) is 0 Å². The van der Waals surface area contributed by atoms with Crippen molar-refractivity contribution < 1.29 is 19.1 Å². The number of aromatic nitrogens is 2. The molecule has 1 aromatic carbocycles. The van der Waals surface area contributed by atoms with Gasteiger partial charge in [0.15, 0.2) is 0 Å². The summed E-state index contributed by atoms with van der Waals surface area (Å²) in [5.41, 5.74) is 0.178. The lowest BCUT2D eigenvalue weighted by Crippen LogP contribution is -2.54. The van der Waals surface area contributed by atoms with Gasteiger partial charge >= 0.3 is 12.1 Å². The van der Waals surface area contributed by atoms with Crippen LogP contribution in [0.5, 0.6) is 0 Å². The third-order valence-corrected chi connectivity index (χ3v) is 4.31. The Bertz CT molecular complexity index is 787. The summed E-state index contributed by atoms with van der Waals surface area (Å²) in [5.74, 6) is 0.380. The van der Waals surface area contributed by atoms with Crippen LogP contribution in [0.1, 0.15) is 27.2 Å². The van der Waals surface area contributed by atoms with Crippen molar-refractivity contribution >= 4 is 23.7 Å². The van der Waals surface area contributed by atoms with Crippen LogP contribution in [-0.2, 0) is 4.74 Å². The number of hydrogen-bond donors (Lipinski definition) is 2. The number of aliphatic hydroxyl groups is 1. The van der Waals surface area contributed by atoms with E-state index in [4.69, 9.17) is 20.8 Å². The number of anilines is 1. The van der Waals surface area contributed by atoms with Crippen molar-refractivity contribution in [2.45, 2.75) is 44.9 Å². The summed E-state index contributed by atoms with van der Waals surface area (Å²) < 4.78 is 11.0. The highest BCUT2D eigenvalue weighted by Crippen LogP contribution is 2.25. The first-order valence-corrected chi connectivity index (χ1v) is 9.11. The number of piperidine rings is 1. The Labute approximate surface area is 162 Å². The molecule has 0 aliphatic carbocycles. The van der Waals surface area contributed by atoms with Crippen LogP contribution < -0.4 is 10.2 Å². The highest BCUT2D eigenvalue weighted by atomic mass is 35.5. The monoisotopic (exact) mass is 394 g/mol. The Hall–Kier alpha value is -2.32. The number of carbonyl (C=O) groups excluding carboxylic acids is 1. The Balaban J connectivity index is 1.60. The van der Waals surface area contributed by atoms with Gasteiger partial charge in [0.1, 0.15) is 5.60 Å². The molecule has 1 aliphatic heterocycles. The molecule has 1 aliphatic rings. The molecule has 2 aromatic rings. The molecule has 2 heterocycles. The van der Waals surface area contributed by atoms with Crippen LogP contribution in [0.2, 0.25) is 5.02 Å². The third-order valence-electron chi connectivity index (χ3n) is 4.06. The van der Waals surface area contributed by atoms with Crippen LogP contribution in [0.4, 0.5) is 10.8 Å². The number of ether oxygens (including phenoxy) is 1. The van der Waals surface area contributed by atoms with E-state index < -0.39 is 23.8 Å². The summed E-state index contributed by atoms with van der Waals surface area (Å²) in [4.78, 5) is 13.7. The van der Waals surface area contributed by atoms with Crippen molar-refractivity contribution in [3.05, 3.63) is 29.3 Å². The molecular weight excluding hydrogens is 372 g/mol. The summed E-state index contributed by atoms with van der Waals surface area (Å²) in [6.07, 6.45) is -0.793. The van der Waals surface area contributed by atoms with Crippen molar-refractivity contribution in [3.8, 4) is 11.5 Å². The SMILES string of the molecule is CC(C)(C)OC(=O)NC1CCN(c2nnc(-c3ccc(Cl)cc3)o2)CC1O. The van der Waals surface area contributed by atoms with Gasteiger partial charge in [-0.1, -0.05) is 16.7 Å². The van der Waals surface area contributed by atoms with Gasteiger partial charge in [0.25, 0.3) is 0 Å². The number of amides is 1. The predicted octanol–water partition coefficient (Wildman–Crippen LogP) is 2.85. The summed E-state index contributed by atoms with van der Waals surface area (Å²) in [6.45, 7) is 6.20. The van der Waals surface area contributed by atoms with Crippen molar-refractivity contribution in [1.29, 1.82) is 0 Å². The molecule has 0 radical (unpaired) electrons. The minimum atomic E-state index is -0.780. The summed E-state index contributed by atoms with van der Waals surface area (Å²) in [6, 6.07) is 7.03. The molecule has 8 nitrogen and oxygen atoms in total. The highest BCUT2D eigenvalue weighted by Gasteiger charge is 2.32. The maximum absolute atomic E-state index is 11.9. The topological polar surface area (TPSA) is 101 Å². The van der Waals surface area contributed by atoms with Crippen molar-refractivity contribution in [2.75, 3.05) is 18.0 Å². The van der Waals surface area contributed by atoms with E-state index in [0.29, 0.717) is 29.9 Å². The van der Waals surface area contributed by atoms with Crippen LogP contribution in [-0.4, -0.2) is 52.2 Å². The number of β-amino-alcohol motifs (C(OH)–C–C–N with tert-alkyl or cyclic N) is 1. The smallest absolute Gasteiger partial charge is 0.407 e. The summed E-state index contributed by atoms with van der Waals surface area (Å²) >= 11 is 5.89. The molecule has 2 unspecified atom stereocenters. The molecule has 27 heavy (non-hydrogen) atoms. The first-order chi connectivity index (χ1) is 12.7. The van der Waals surface area contributed by atoms with Crippen LogP contribution in [0.25, 0.3) is 11.5 Å². The van der Waals surface area contributed by atoms with Gasteiger partial charge in [0, 0.05) is 17.1 Å². The molecule has 0 bridgehead atoms. The predicted molar refractivity (Wildman–Crippen MR) is 101 cm³/mol. The van der Waals surface area contributed by atoms with Gasteiger partial charge in [-0.05, 0) is 51.5 Å². The van der Waals surface area contributed by atoms with Gasteiger partial charge in [-0.2, -0.15) is 0 Å². The quantitative estimate of drug-likeness (QED) is 0.825. The average molecular weight is 395 g/mol. The first kappa shape index (κ1) is 19.4. The lowest BCUT2D eigenvalue weighted by atomic mass is 10.0. The average Bonchev–Trinajstić information content (AvgIpc) is 3.05. The summed E-state index contributed by atoms with van der Waals surface area (Å²) in [7, 11) is 0. The molecule has 1 fully saturated rings. The zero-order chi connectivity index (χ0) is 19.6. The lowest BCUT2D eigenvalue weighted by molar-refractivity contribution is 0.0400. The fourth-order valence-electron chi connectivity index (χ4n) is 2.79. The molecule has 1 aromatic heterocycles. The molecule has 2 N–H and O–H groups in total. The number of aliphatic hydroxyl groups excluding tert-OH is 1. The van der Waals surface area contributed by atoms with Gasteiger partial charge in [0.05, 0.1) is 18.7 Å². The standard InChI is InChI=1S/C18H23ClN4O4/c1-18(2,3)27-17(25)20-13-8-9-23(10-14(13)24)16-22-21-15(26-16)11-4-6-12(19)7-5-11/h4-7,13-14,24H,8-10H2,1-3H3,(H,20,25). The maximum atomic E-state index is 11.9. The van der Waals surface area contributed by atoms with E-state index in [1.807, 2.05) is 0 Å². The highest BCUT2D eigenvalue weighted by molar-refractivity contribution is 6.30. The largest absolute Gasteiger partial charge is 0.444 e. The third kappa shape index (κ3) is 5.11. The molecule has 0 spiro atoms. The van der Waals surface area contributed by atoms with Crippen molar-refractivity contribution in [1.82, 2.24) is 15.5 Å². The van der Waals surface area contributed by atoms with Gasteiger partial charge in [-0.25, -0.2) is 4.79 Å². The van der Waals surface area contributed by atoms with Gasteiger partial charge in [-0.3, -0.25) is 0 Å². The molecular formula is C18H23ClN4O4. The first-order valence-electron chi connectivity index (χ1n) is 8.73. The number of nitrogens with one attached hydrogen (secondary N) is 1. The van der Waals surface area contributed by atoms with E-state index in [1.54, 1.807) is 49.9 Å². The van der Waals surface area contributed by atoms with Gasteiger partial charge in [-0.15, -0.1) is 5.10 Å². The Morgan fingerprint density at radius 3 is 2.67 bits per heavy atom. The molecule has 1 amide bonds.